The predicted octanol–water partition coefficient (Wildman–Crippen LogP) is 2.21. The molecule has 0 atom stereocenters. The SMILES string of the molecule is CC(C)c1ccc(OCc2ccc(F)cc2B(O)O)cc1. The molecule has 0 fully saturated rings. The molecule has 0 aromatic heterocycles. The average molecular weight is 288 g/mol. The van der Waals surface area contributed by atoms with Crippen molar-refractivity contribution in [2.75, 3.05) is 0 Å². The van der Waals surface area contributed by atoms with Crippen molar-refractivity contribution >= 4 is 12.6 Å². The first-order chi connectivity index (χ1) is 9.97. The van der Waals surface area contributed by atoms with Gasteiger partial charge in [0.15, 0.2) is 0 Å². The van der Waals surface area contributed by atoms with Crippen LogP contribution in [0, 0.1) is 5.82 Å². The van der Waals surface area contributed by atoms with Crippen LogP contribution in [-0.4, -0.2) is 17.2 Å². The van der Waals surface area contributed by atoms with Crippen LogP contribution in [0.5, 0.6) is 5.75 Å². The van der Waals surface area contributed by atoms with E-state index in [-0.39, 0.29) is 12.1 Å². The summed E-state index contributed by atoms with van der Waals surface area (Å²) >= 11 is 0. The first kappa shape index (κ1) is 15.5. The van der Waals surface area contributed by atoms with Crippen molar-refractivity contribution in [2.45, 2.75) is 26.4 Å². The van der Waals surface area contributed by atoms with Gasteiger partial charge in [-0.3, -0.25) is 0 Å². The second-order valence-electron chi connectivity index (χ2n) is 5.23. The monoisotopic (exact) mass is 288 g/mol. The van der Waals surface area contributed by atoms with Gasteiger partial charge in [-0.1, -0.05) is 32.0 Å². The lowest BCUT2D eigenvalue weighted by Gasteiger charge is -2.12. The van der Waals surface area contributed by atoms with Crippen molar-refractivity contribution in [3.05, 3.63) is 59.4 Å². The van der Waals surface area contributed by atoms with E-state index in [0.29, 0.717) is 17.2 Å². The van der Waals surface area contributed by atoms with Gasteiger partial charge in [-0.15, -0.1) is 0 Å². The highest BCUT2D eigenvalue weighted by Crippen LogP contribution is 2.19. The van der Waals surface area contributed by atoms with E-state index in [2.05, 4.69) is 13.8 Å². The summed E-state index contributed by atoms with van der Waals surface area (Å²) in [6, 6.07) is 11.6. The van der Waals surface area contributed by atoms with Gasteiger partial charge < -0.3 is 14.8 Å². The maximum absolute atomic E-state index is 13.1. The van der Waals surface area contributed by atoms with Gasteiger partial charge in [0, 0.05) is 0 Å². The molecule has 110 valence electrons. The largest absolute Gasteiger partial charge is 0.489 e. The summed E-state index contributed by atoms with van der Waals surface area (Å²) in [6.07, 6.45) is 0. The van der Waals surface area contributed by atoms with Crippen LogP contribution in [0.3, 0.4) is 0 Å². The molecule has 3 nitrogen and oxygen atoms in total. The third-order valence-electron chi connectivity index (χ3n) is 3.33. The fourth-order valence-corrected chi connectivity index (χ4v) is 2.05. The third kappa shape index (κ3) is 4.06. The molecule has 0 aliphatic heterocycles. The van der Waals surface area contributed by atoms with E-state index in [1.54, 1.807) is 0 Å². The Labute approximate surface area is 124 Å². The number of benzene rings is 2. The van der Waals surface area contributed by atoms with Gasteiger partial charge in [0.2, 0.25) is 0 Å². The zero-order valence-corrected chi connectivity index (χ0v) is 12.1. The fraction of sp³-hybridized carbons (Fsp3) is 0.250. The number of hydrogen-bond acceptors (Lipinski definition) is 3. The van der Waals surface area contributed by atoms with Gasteiger partial charge >= 0.3 is 7.12 Å². The summed E-state index contributed by atoms with van der Waals surface area (Å²) in [5.74, 6) is 0.623. The lowest BCUT2D eigenvalue weighted by Crippen LogP contribution is -2.34. The van der Waals surface area contributed by atoms with E-state index in [1.807, 2.05) is 24.3 Å². The Balaban J connectivity index is 2.09. The molecule has 2 aromatic carbocycles. The summed E-state index contributed by atoms with van der Waals surface area (Å²) in [5, 5.41) is 18.5. The minimum absolute atomic E-state index is 0.119. The summed E-state index contributed by atoms with van der Waals surface area (Å²) in [4.78, 5) is 0. The number of rotatable bonds is 5. The van der Waals surface area contributed by atoms with Gasteiger partial charge in [-0.2, -0.15) is 0 Å². The van der Waals surface area contributed by atoms with E-state index >= 15 is 0 Å². The summed E-state index contributed by atoms with van der Waals surface area (Å²) in [7, 11) is -1.72. The van der Waals surface area contributed by atoms with Crippen LogP contribution in [0.1, 0.15) is 30.9 Å². The Morgan fingerprint density at radius 2 is 1.76 bits per heavy atom. The Morgan fingerprint density at radius 3 is 2.33 bits per heavy atom. The second kappa shape index (κ2) is 6.74. The van der Waals surface area contributed by atoms with E-state index < -0.39 is 12.9 Å². The molecule has 0 saturated carbocycles. The molecular formula is C16H18BFO3. The summed E-state index contributed by atoms with van der Waals surface area (Å²) < 4.78 is 18.7. The zero-order valence-electron chi connectivity index (χ0n) is 12.1. The number of ether oxygens (including phenoxy) is 1. The van der Waals surface area contributed by atoms with Gasteiger partial charge in [0.25, 0.3) is 0 Å². The van der Waals surface area contributed by atoms with Crippen LogP contribution in [-0.2, 0) is 6.61 Å². The fourth-order valence-electron chi connectivity index (χ4n) is 2.05. The minimum Gasteiger partial charge on any atom is -0.489 e. The predicted molar refractivity (Wildman–Crippen MR) is 81.1 cm³/mol. The first-order valence-electron chi connectivity index (χ1n) is 6.84. The molecule has 0 spiro atoms. The van der Waals surface area contributed by atoms with Crippen LogP contribution < -0.4 is 10.2 Å². The van der Waals surface area contributed by atoms with Crippen molar-refractivity contribution in [1.29, 1.82) is 0 Å². The molecule has 5 heteroatoms. The molecule has 21 heavy (non-hydrogen) atoms. The Kier molecular flexibility index (Phi) is 4.99. The van der Waals surface area contributed by atoms with Gasteiger partial charge in [0.05, 0.1) is 0 Å². The van der Waals surface area contributed by atoms with Crippen LogP contribution in [0.15, 0.2) is 42.5 Å². The highest BCUT2D eigenvalue weighted by Gasteiger charge is 2.17. The molecule has 0 unspecified atom stereocenters. The molecule has 2 rings (SSSR count). The number of hydrogen-bond donors (Lipinski definition) is 2. The summed E-state index contributed by atoms with van der Waals surface area (Å²) in [5.41, 5.74) is 1.88. The molecule has 2 aromatic rings. The standard InChI is InChI=1S/C16H18BFO3/c1-11(2)12-4-7-15(8-5-12)21-10-13-3-6-14(18)9-16(13)17(19)20/h3-9,11,19-20H,10H2,1-2H3. The Morgan fingerprint density at radius 1 is 1.10 bits per heavy atom. The topological polar surface area (TPSA) is 49.7 Å². The molecular weight excluding hydrogens is 270 g/mol. The maximum Gasteiger partial charge on any atom is 0.488 e. The lowest BCUT2D eigenvalue weighted by atomic mass is 9.77. The highest BCUT2D eigenvalue weighted by atomic mass is 19.1. The van der Waals surface area contributed by atoms with Crippen LogP contribution in [0.4, 0.5) is 4.39 Å². The lowest BCUT2D eigenvalue weighted by molar-refractivity contribution is 0.306. The Hall–Kier alpha value is -1.85. The Bertz CT molecular complexity index is 597. The van der Waals surface area contributed by atoms with Crippen molar-refractivity contribution in [1.82, 2.24) is 0 Å². The molecule has 0 heterocycles. The van der Waals surface area contributed by atoms with Crippen LogP contribution >= 0.6 is 0 Å². The smallest absolute Gasteiger partial charge is 0.488 e. The van der Waals surface area contributed by atoms with Crippen LogP contribution in [0.25, 0.3) is 0 Å². The zero-order chi connectivity index (χ0) is 15.4. The molecule has 0 aliphatic carbocycles. The van der Waals surface area contributed by atoms with Crippen molar-refractivity contribution < 1.29 is 19.2 Å². The van der Waals surface area contributed by atoms with Crippen molar-refractivity contribution in [3.8, 4) is 5.75 Å². The van der Waals surface area contributed by atoms with E-state index in [4.69, 9.17) is 4.74 Å². The van der Waals surface area contributed by atoms with Crippen molar-refractivity contribution in [2.24, 2.45) is 0 Å². The van der Waals surface area contributed by atoms with E-state index in [9.17, 15) is 14.4 Å². The van der Waals surface area contributed by atoms with Crippen LogP contribution in [0.2, 0.25) is 0 Å². The third-order valence-corrected chi connectivity index (χ3v) is 3.33. The highest BCUT2D eigenvalue weighted by molar-refractivity contribution is 6.59. The molecule has 0 amide bonds. The van der Waals surface area contributed by atoms with E-state index in [0.717, 1.165) is 6.07 Å². The first-order valence-corrected chi connectivity index (χ1v) is 6.84. The normalized spacial score (nSPS) is 10.8. The van der Waals surface area contributed by atoms with Gasteiger partial charge in [0.1, 0.15) is 18.2 Å². The minimum atomic E-state index is -1.72. The maximum atomic E-state index is 13.1. The molecule has 0 saturated heterocycles. The molecule has 2 N–H and O–H groups in total. The molecule has 0 radical (unpaired) electrons. The number of halogens is 1. The second-order valence-corrected chi connectivity index (χ2v) is 5.23. The quantitative estimate of drug-likeness (QED) is 0.829. The molecule has 0 bridgehead atoms. The molecule has 0 aliphatic rings. The summed E-state index contributed by atoms with van der Waals surface area (Å²) in [6.45, 7) is 4.38. The van der Waals surface area contributed by atoms with E-state index in [1.165, 1.54) is 17.7 Å². The average Bonchev–Trinajstić information content (AvgIpc) is 2.46. The van der Waals surface area contributed by atoms with Gasteiger partial charge in [-0.25, -0.2) is 4.39 Å². The van der Waals surface area contributed by atoms with Gasteiger partial charge in [-0.05, 0) is 46.8 Å². The van der Waals surface area contributed by atoms with Crippen molar-refractivity contribution in [3.63, 3.8) is 0 Å².